The van der Waals surface area contributed by atoms with Gasteiger partial charge < -0.3 is 4.98 Å². The second-order valence-electron chi connectivity index (χ2n) is 5.64. The summed E-state index contributed by atoms with van der Waals surface area (Å²) in [4.78, 5) is 34.8. The van der Waals surface area contributed by atoms with Crippen LogP contribution in [0.4, 0.5) is 13.2 Å². The molecule has 2 rings (SSSR count). The van der Waals surface area contributed by atoms with Crippen LogP contribution in [0.3, 0.4) is 0 Å². The SMILES string of the molecule is CSc1nc(C)c(CCC(=O)C(C#N)c2ccc(C(F)(F)F)cn2)c(=O)[nH]1. The van der Waals surface area contributed by atoms with E-state index in [4.69, 9.17) is 0 Å². The Morgan fingerprint density at radius 3 is 2.59 bits per heavy atom. The molecule has 0 aliphatic rings. The molecule has 0 aliphatic heterocycles. The van der Waals surface area contributed by atoms with Crippen molar-refractivity contribution >= 4 is 17.5 Å². The first kappa shape index (κ1) is 20.6. The highest BCUT2D eigenvalue weighted by Gasteiger charge is 2.31. The Morgan fingerprint density at radius 2 is 2.11 bits per heavy atom. The topological polar surface area (TPSA) is 99.5 Å². The molecule has 0 saturated heterocycles. The summed E-state index contributed by atoms with van der Waals surface area (Å²) in [6, 6.07) is 3.55. The molecule has 0 aliphatic carbocycles. The molecule has 2 aromatic heterocycles. The number of aryl methyl sites for hydroxylation is 1. The van der Waals surface area contributed by atoms with E-state index in [0.29, 0.717) is 22.6 Å². The first-order valence-electron chi connectivity index (χ1n) is 7.76. The van der Waals surface area contributed by atoms with Crippen LogP contribution in [0.15, 0.2) is 28.3 Å². The lowest BCUT2D eigenvalue weighted by atomic mass is 9.95. The normalized spacial score (nSPS) is 12.4. The number of H-pyrrole nitrogens is 1. The molecule has 0 aromatic carbocycles. The maximum absolute atomic E-state index is 12.6. The van der Waals surface area contributed by atoms with E-state index in [0.717, 1.165) is 12.1 Å². The van der Waals surface area contributed by atoms with Crippen LogP contribution in [0, 0.1) is 18.3 Å². The fourth-order valence-corrected chi connectivity index (χ4v) is 2.84. The van der Waals surface area contributed by atoms with Crippen molar-refractivity contribution in [1.82, 2.24) is 15.0 Å². The van der Waals surface area contributed by atoms with Gasteiger partial charge in [0.05, 0.1) is 17.3 Å². The van der Waals surface area contributed by atoms with E-state index in [1.165, 1.54) is 11.8 Å². The summed E-state index contributed by atoms with van der Waals surface area (Å²) in [6.45, 7) is 1.65. The van der Waals surface area contributed by atoms with Gasteiger partial charge in [0.2, 0.25) is 0 Å². The number of nitriles is 1. The van der Waals surface area contributed by atoms with E-state index in [2.05, 4.69) is 15.0 Å². The van der Waals surface area contributed by atoms with Gasteiger partial charge in [0.15, 0.2) is 10.9 Å². The summed E-state index contributed by atoms with van der Waals surface area (Å²) in [5.41, 5.74) is -0.564. The number of thioether (sulfide) groups is 1. The highest BCUT2D eigenvalue weighted by molar-refractivity contribution is 7.98. The fraction of sp³-hybridized carbons (Fsp3) is 0.353. The van der Waals surface area contributed by atoms with Gasteiger partial charge in [-0.15, -0.1) is 0 Å². The molecule has 2 aromatic rings. The largest absolute Gasteiger partial charge is 0.417 e. The number of aromatic nitrogens is 3. The number of nitrogens with one attached hydrogen (secondary N) is 1. The lowest BCUT2D eigenvalue weighted by Crippen LogP contribution is -2.20. The molecule has 1 N–H and O–H groups in total. The van der Waals surface area contributed by atoms with Crippen molar-refractivity contribution in [3.05, 3.63) is 51.2 Å². The van der Waals surface area contributed by atoms with E-state index < -0.39 is 23.4 Å². The molecule has 6 nitrogen and oxygen atoms in total. The summed E-state index contributed by atoms with van der Waals surface area (Å²) < 4.78 is 37.8. The molecule has 0 radical (unpaired) electrons. The number of alkyl halides is 3. The third-order valence-corrected chi connectivity index (χ3v) is 4.46. The van der Waals surface area contributed by atoms with Crippen LogP contribution in [-0.2, 0) is 17.4 Å². The van der Waals surface area contributed by atoms with Crippen LogP contribution in [0.1, 0.15) is 34.9 Å². The third kappa shape index (κ3) is 4.95. The average Bonchev–Trinajstić information content (AvgIpc) is 2.61. The predicted octanol–water partition coefficient (Wildman–Crippen LogP) is 3.02. The van der Waals surface area contributed by atoms with Gasteiger partial charge in [-0.25, -0.2) is 4.98 Å². The number of ketones is 1. The fourth-order valence-electron chi connectivity index (χ4n) is 2.42. The minimum Gasteiger partial charge on any atom is -0.301 e. The van der Waals surface area contributed by atoms with Gasteiger partial charge in [-0.1, -0.05) is 11.8 Å². The Hall–Kier alpha value is -2.67. The Labute approximate surface area is 156 Å². The van der Waals surface area contributed by atoms with Gasteiger partial charge in [-0.3, -0.25) is 14.6 Å². The smallest absolute Gasteiger partial charge is 0.301 e. The quantitative estimate of drug-likeness (QED) is 0.595. The number of hydrogen-bond acceptors (Lipinski definition) is 6. The first-order valence-corrected chi connectivity index (χ1v) is 8.99. The lowest BCUT2D eigenvalue weighted by Gasteiger charge is -2.10. The summed E-state index contributed by atoms with van der Waals surface area (Å²) in [5, 5.41) is 9.69. The third-order valence-electron chi connectivity index (χ3n) is 3.88. The maximum atomic E-state index is 12.6. The van der Waals surface area contributed by atoms with Crippen LogP contribution in [-0.4, -0.2) is 27.0 Å². The number of hydrogen-bond donors (Lipinski definition) is 1. The number of carbonyl (C=O) groups excluding carboxylic acids is 1. The summed E-state index contributed by atoms with van der Waals surface area (Å²) in [5.74, 6) is -1.83. The highest BCUT2D eigenvalue weighted by Crippen LogP contribution is 2.29. The molecule has 2 heterocycles. The van der Waals surface area contributed by atoms with Crippen LogP contribution in [0.25, 0.3) is 0 Å². The Balaban J connectivity index is 2.15. The van der Waals surface area contributed by atoms with Gasteiger partial charge in [-0.05, 0) is 31.7 Å². The molecule has 27 heavy (non-hydrogen) atoms. The van der Waals surface area contributed by atoms with E-state index in [-0.39, 0.29) is 24.1 Å². The second kappa shape index (κ2) is 8.35. The molecular formula is C17H15F3N4O2S. The maximum Gasteiger partial charge on any atom is 0.417 e. The van der Waals surface area contributed by atoms with E-state index in [1.807, 2.05) is 0 Å². The summed E-state index contributed by atoms with van der Waals surface area (Å²) in [6.07, 6.45) is -2.26. The number of halogens is 3. The van der Waals surface area contributed by atoms with Crippen molar-refractivity contribution < 1.29 is 18.0 Å². The standard InChI is InChI=1S/C17H15F3N4O2S/c1-9-11(15(26)24-16(23-9)27-2)4-6-14(25)12(7-21)13-5-3-10(8-22-13)17(18,19)20/h3,5,8,12H,4,6H2,1-2H3,(H,23,24,26). The molecule has 1 atom stereocenters. The number of nitrogens with zero attached hydrogens (tertiary/aromatic N) is 3. The predicted molar refractivity (Wildman–Crippen MR) is 92.3 cm³/mol. The van der Waals surface area contributed by atoms with Crippen LogP contribution < -0.4 is 5.56 Å². The van der Waals surface area contributed by atoms with Crippen LogP contribution >= 0.6 is 11.8 Å². The Morgan fingerprint density at radius 1 is 1.41 bits per heavy atom. The van der Waals surface area contributed by atoms with Crippen molar-refractivity contribution in [3.63, 3.8) is 0 Å². The number of Topliss-reactive ketones (excluding diaryl/α,β-unsaturated/α-hetero) is 1. The lowest BCUT2D eigenvalue weighted by molar-refractivity contribution is -0.137. The van der Waals surface area contributed by atoms with Crippen molar-refractivity contribution in [2.45, 2.75) is 37.0 Å². The van der Waals surface area contributed by atoms with Gasteiger partial charge in [0, 0.05) is 23.9 Å². The first-order chi connectivity index (χ1) is 12.7. The molecule has 0 saturated carbocycles. The molecule has 1 unspecified atom stereocenters. The summed E-state index contributed by atoms with van der Waals surface area (Å²) in [7, 11) is 0. The highest BCUT2D eigenvalue weighted by atomic mass is 32.2. The van der Waals surface area contributed by atoms with Gasteiger partial charge >= 0.3 is 6.18 Å². The van der Waals surface area contributed by atoms with Crippen molar-refractivity contribution in [3.8, 4) is 6.07 Å². The van der Waals surface area contributed by atoms with Crippen molar-refractivity contribution in [2.24, 2.45) is 0 Å². The Bertz CT molecular complexity index is 933. The van der Waals surface area contributed by atoms with Gasteiger partial charge in [0.1, 0.15) is 5.92 Å². The Kier molecular flexibility index (Phi) is 6.38. The molecule has 0 amide bonds. The zero-order chi connectivity index (χ0) is 20.2. The monoisotopic (exact) mass is 396 g/mol. The average molecular weight is 396 g/mol. The minimum atomic E-state index is -4.55. The molecule has 142 valence electrons. The van der Waals surface area contributed by atoms with E-state index >= 15 is 0 Å². The van der Waals surface area contributed by atoms with E-state index in [1.54, 1.807) is 19.2 Å². The van der Waals surface area contributed by atoms with Gasteiger partial charge in [-0.2, -0.15) is 18.4 Å². The molecule has 0 spiro atoms. The van der Waals surface area contributed by atoms with Gasteiger partial charge in [0.25, 0.3) is 5.56 Å². The number of pyridine rings is 1. The summed E-state index contributed by atoms with van der Waals surface area (Å²) >= 11 is 1.27. The number of carbonyl (C=O) groups is 1. The zero-order valence-corrected chi connectivity index (χ0v) is 15.2. The molecule has 0 fully saturated rings. The van der Waals surface area contributed by atoms with E-state index in [9.17, 15) is 28.0 Å². The number of aromatic amines is 1. The van der Waals surface area contributed by atoms with Crippen LogP contribution in [0.2, 0.25) is 0 Å². The molecular weight excluding hydrogens is 381 g/mol. The molecule has 10 heteroatoms. The number of rotatable bonds is 6. The van der Waals surface area contributed by atoms with Crippen molar-refractivity contribution in [1.29, 1.82) is 5.26 Å². The van der Waals surface area contributed by atoms with Crippen LogP contribution in [0.5, 0.6) is 0 Å². The van der Waals surface area contributed by atoms with Crippen molar-refractivity contribution in [2.75, 3.05) is 6.26 Å². The minimum absolute atomic E-state index is 0.0583. The molecule has 0 bridgehead atoms. The zero-order valence-electron chi connectivity index (χ0n) is 14.4. The second-order valence-corrected chi connectivity index (χ2v) is 6.43.